The maximum Gasteiger partial charge on any atom is 0.262 e. The van der Waals surface area contributed by atoms with Gasteiger partial charge in [-0.05, 0) is 30.7 Å². The third-order valence-electron chi connectivity index (χ3n) is 2.79. The van der Waals surface area contributed by atoms with Gasteiger partial charge in [0.25, 0.3) is 5.91 Å². The molecular weight excluding hydrogens is 282 g/mol. The first kappa shape index (κ1) is 14.8. The number of hydrogen-bond donors (Lipinski definition) is 3. The Balaban J connectivity index is 1.82. The number of primary sulfonamides is 1. The largest absolute Gasteiger partial charge is 0.482 e. The van der Waals surface area contributed by atoms with Gasteiger partial charge in [0, 0.05) is 6.54 Å². The van der Waals surface area contributed by atoms with Crippen LogP contribution in [0.4, 0.5) is 5.69 Å². The molecule has 0 spiro atoms. The lowest BCUT2D eigenvalue weighted by Crippen LogP contribution is -2.25. The fraction of sp³-hybridized carbons (Fsp3) is 0.417. The number of anilines is 1. The summed E-state index contributed by atoms with van der Waals surface area (Å²) in [7, 11) is -3.39. The van der Waals surface area contributed by atoms with Crippen molar-refractivity contribution in [3.05, 3.63) is 23.8 Å². The van der Waals surface area contributed by atoms with Crippen molar-refractivity contribution in [2.45, 2.75) is 13.0 Å². The average molecular weight is 299 g/mol. The summed E-state index contributed by atoms with van der Waals surface area (Å²) in [5.74, 6) is 0.451. The second-order valence-electron chi connectivity index (χ2n) is 4.56. The van der Waals surface area contributed by atoms with Gasteiger partial charge in [0.1, 0.15) is 5.75 Å². The van der Waals surface area contributed by atoms with Gasteiger partial charge in [-0.3, -0.25) is 4.79 Å². The number of benzene rings is 1. The molecule has 1 aliphatic heterocycles. The Labute approximate surface area is 117 Å². The van der Waals surface area contributed by atoms with Gasteiger partial charge in [0.15, 0.2) is 6.61 Å². The molecular formula is C12H17N3O4S. The van der Waals surface area contributed by atoms with E-state index in [0.29, 0.717) is 30.9 Å². The van der Waals surface area contributed by atoms with E-state index in [-0.39, 0.29) is 18.3 Å². The van der Waals surface area contributed by atoms with Crippen molar-refractivity contribution in [3.8, 4) is 5.75 Å². The second-order valence-corrected chi connectivity index (χ2v) is 6.30. The van der Waals surface area contributed by atoms with Gasteiger partial charge >= 0.3 is 0 Å². The predicted molar refractivity (Wildman–Crippen MR) is 74.9 cm³/mol. The first-order valence-electron chi connectivity index (χ1n) is 6.21. The Morgan fingerprint density at radius 1 is 1.40 bits per heavy atom. The Morgan fingerprint density at radius 3 is 2.95 bits per heavy atom. The summed E-state index contributed by atoms with van der Waals surface area (Å²) in [6.45, 7) is 1.17. The third-order valence-corrected chi connectivity index (χ3v) is 3.65. The summed E-state index contributed by atoms with van der Waals surface area (Å²) in [6.07, 6.45) is 0.462. The van der Waals surface area contributed by atoms with E-state index in [1.54, 1.807) is 6.07 Å². The third kappa shape index (κ3) is 4.48. The maximum absolute atomic E-state index is 11.2. The Kier molecular flexibility index (Phi) is 4.58. The summed E-state index contributed by atoms with van der Waals surface area (Å²) in [5.41, 5.74) is 1.63. The minimum Gasteiger partial charge on any atom is -0.482 e. The number of fused-ring (bicyclic) bond motifs is 1. The topological polar surface area (TPSA) is 111 Å². The standard InChI is InChI=1S/C12H17N3O4S/c13-20(17,18)5-1-4-14-7-9-2-3-11-10(6-9)15-12(16)8-19-11/h2-3,6,14H,1,4-5,7-8H2,(H,15,16)(H2,13,17,18). The SMILES string of the molecule is NS(=O)(=O)CCCNCc1ccc2c(c1)NC(=O)CO2. The molecule has 1 heterocycles. The number of sulfonamides is 1. The minimum absolute atomic E-state index is 0.0336. The van der Waals surface area contributed by atoms with Gasteiger partial charge in [0.2, 0.25) is 10.0 Å². The van der Waals surface area contributed by atoms with E-state index in [4.69, 9.17) is 9.88 Å². The van der Waals surface area contributed by atoms with Crippen molar-refractivity contribution in [2.24, 2.45) is 5.14 Å². The molecule has 1 aliphatic rings. The van der Waals surface area contributed by atoms with Crippen LogP contribution in [0.5, 0.6) is 5.75 Å². The van der Waals surface area contributed by atoms with Crippen molar-refractivity contribution in [2.75, 3.05) is 24.2 Å². The molecule has 1 amide bonds. The molecule has 1 aromatic carbocycles. The highest BCUT2D eigenvalue weighted by Gasteiger charge is 2.15. The molecule has 0 bridgehead atoms. The zero-order valence-corrected chi connectivity index (χ0v) is 11.7. The molecule has 8 heteroatoms. The lowest BCUT2D eigenvalue weighted by molar-refractivity contribution is -0.118. The highest BCUT2D eigenvalue weighted by molar-refractivity contribution is 7.89. The fourth-order valence-electron chi connectivity index (χ4n) is 1.87. The monoisotopic (exact) mass is 299 g/mol. The predicted octanol–water partition coefficient (Wildman–Crippen LogP) is -0.214. The van der Waals surface area contributed by atoms with E-state index in [0.717, 1.165) is 5.56 Å². The molecule has 0 saturated heterocycles. The summed E-state index contributed by atoms with van der Waals surface area (Å²) in [5, 5.41) is 10.8. The van der Waals surface area contributed by atoms with Crippen molar-refractivity contribution in [1.82, 2.24) is 5.32 Å². The molecule has 20 heavy (non-hydrogen) atoms. The van der Waals surface area contributed by atoms with Gasteiger partial charge in [-0.15, -0.1) is 0 Å². The van der Waals surface area contributed by atoms with Crippen LogP contribution in [0.15, 0.2) is 18.2 Å². The Bertz CT molecular complexity index is 601. The normalized spacial score (nSPS) is 14.3. The number of hydrogen-bond acceptors (Lipinski definition) is 5. The minimum atomic E-state index is -3.39. The van der Waals surface area contributed by atoms with Crippen LogP contribution in [0.2, 0.25) is 0 Å². The number of carbonyl (C=O) groups is 1. The van der Waals surface area contributed by atoms with Gasteiger partial charge in [-0.2, -0.15) is 0 Å². The highest BCUT2D eigenvalue weighted by atomic mass is 32.2. The number of rotatable bonds is 6. The van der Waals surface area contributed by atoms with E-state index in [1.165, 1.54) is 0 Å². The van der Waals surface area contributed by atoms with Crippen LogP contribution in [0.25, 0.3) is 0 Å². The lowest BCUT2D eigenvalue weighted by Gasteiger charge is -2.18. The van der Waals surface area contributed by atoms with Crippen molar-refractivity contribution in [1.29, 1.82) is 0 Å². The number of ether oxygens (including phenoxy) is 1. The van der Waals surface area contributed by atoms with E-state index in [2.05, 4.69) is 10.6 Å². The molecule has 110 valence electrons. The van der Waals surface area contributed by atoms with E-state index < -0.39 is 10.0 Å². The summed E-state index contributed by atoms with van der Waals surface area (Å²) < 4.78 is 26.8. The Morgan fingerprint density at radius 2 is 2.20 bits per heavy atom. The molecule has 0 aliphatic carbocycles. The zero-order valence-electron chi connectivity index (χ0n) is 10.9. The van der Waals surface area contributed by atoms with Gasteiger partial charge in [-0.25, -0.2) is 13.6 Å². The first-order valence-corrected chi connectivity index (χ1v) is 7.92. The van der Waals surface area contributed by atoms with Crippen molar-refractivity contribution < 1.29 is 17.9 Å². The zero-order chi connectivity index (χ0) is 14.6. The summed E-state index contributed by atoms with van der Waals surface area (Å²) >= 11 is 0. The number of nitrogens with two attached hydrogens (primary N) is 1. The molecule has 1 aromatic rings. The second kappa shape index (κ2) is 6.21. The Hall–Kier alpha value is -1.64. The van der Waals surface area contributed by atoms with Crippen LogP contribution >= 0.6 is 0 Å². The molecule has 0 unspecified atom stereocenters. The van der Waals surface area contributed by atoms with Crippen molar-refractivity contribution in [3.63, 3.8) is 0 Å². The van der Waals surface area contributed by atoms with E-state index >= 15 is 0 Å². The van der Waals surface area contributed by atoms with Crippen LogP contribution in [0.3, 0.4) is 0 Å². The van der Waals surface area contributed by atoms with E-state index in [9.17, 15) is 13.2 Å². The van der Waals surface area contributed by atoms with Gasteiger partial charge < -0.3 is 15.4 Å². The quantitative estimate of drug-likeness (QED) is 0.629. The van der Waals surface area contributed by atoms with Crippen LogP contribution in [0, 0.1) is 0 Å². The maximum atomic E-state index is 11.2. The smallest absolute Gasteiger partial charge is 0.262 e. The van der Waals surface area contributed by atoms with Crippen LogP contribution in [0.1, 0.15) is 12.0 Å². The molecule has 2 rings (SSSR count). The van der Waals surface area contributed by atoms with Gasteiger partial charge in [0.05, 0.1) is 11.4 Å². The fourth-order valence-corrected chi connectivity index (χ4v) is 2.42. The molecule has 7 nitrogen and oxygen atoms in total. The summed E-state index contributed by atoms with van der Waals surface area (Å²) in [6, 6.07) is 5.53. The van der Waals surface area contributed by atoms with Crippen LogP contribution in [-0.2, 0) is 21.4 Å². The average Bonchev–Trinajstić information content (AvgIpc) is 2.36. The number of amides is 1. The van der Waals surface area contributed by atoms with E-state index in [1.807, 2.05) is 12.1 Å². The molecule has 0 atom stereocenters. The number of nitrogens with one attached hydrogen (secondary N) is 2. The summed E-state index contributed by atoms with van der Waals surface area (Å²) in [4.78, 5) is 11.2. The highest BCUT2D eigenvalue weighted by Crippen LogP contribution is 2.28. The first-order chi connectivity index (χ1) is 9.44. The molecule has 0 radical (unpaired) electrons. The van der Waals surface area contributed by atoms with Crippen LogP contribution < -0.4 is 20.5 Å². The van der Waals surface area contributed by atoms with Gasteiger partial charge in [-0.1, -0.05) is 6.07 Å². The lowest BCUT2D eigenvalue weighted by atomic mass is 10.1. The molecule has 4 N–H and O–H groups in total. The van der Waals surface area contributed by atoms with Crippen LogP contribution in [-0.4, -0.2) is 33.2 Å². The number of carbonyl (C=O) groups excluding carboxylic acids is 1. The van der Waals surface area contributed by atoms with Crippen molar-refractivity contribution >= 4 is 21.6 Å². The molecule has 0 saturated carbocycles. The molecule has 0 fully saturated rings. The molecule has 0 aromatic heterocycles.